The molecule has 0 spiro atoms. The van der Waals surface area contributed by atoms with Crippen molar-refractivity contribution in [2.45, 2.75) is 20.8 Å². The normalized spacial score (nSPS) is 10.3. The summed E-state index contributed by atoms with van der Waals surface area (Å²) in [5, 5.41) is 0. The van der Waals surface area contributed by atoms with Crippen molar-refractivity contribution in [2.75, 3.05) is 0 Å². The molecule has 0 fully saturated rings. The van der Waals surface area contributed by atoms with E-state index in [-0.39, 0.29) is 5.78 Å². The van der Waals surface area contributed by atoms with E-state index in [1.807, 2.05) is 19.9 Å². The predicted octanol–water partition coefficient (Wildman–Crippen LogP) is 3.24. The summed E-state index contributed by atoms with van der Waals surface area (Å²) in [5.74, 6) is 0.0630. The highest BCUT2D eigenvalue weighted by atomic mass is 16.1. The van der Waals surface area contributed by atoms with Crippen molar-refractivity contribution in [2.24, 2.45) is 0 Å². The number of aromatic nitrogens is 1. The first-order valence-electron chi connectivity index (χ1n) is 5.62. The van der Waals surface area contributed by atoms with Crippen LogP contribution in [0.2, 0.25) is 0 Å². The lowest BCUT2D eigenvalue weighted by molar-refractivity contribution is 0.103. The summed E-state index contributed by atoms with van der Waals surface area (Å²) in [7, 11) is 0. The van der Waals surface area contributed by atoms with Crippen molar-refractivity contribution >= 4 is 5.78 Å². The predicted molar refractivity (Wildman–Crippen MR) is 68.3 cm³/mol. The molecule has 0 aliphatic heterocycles. The van der Waals surface area contributed by atoms with E-state index in [0.717, 1.165) is 16.7 Å². The number of hydrogen-bond acceptors (Lipinski definition) is 2. The van der Waals surface area contributed by atoms with Crippen molar-refractivity contribution in [3.05, 3.63) is 64.5 Å². The molecular formula is C15H15NO. The Kier molecular flexibility index (Phi) is 3.05. The number of benzene rings is 1. The molecule has 0 saturated carbocycles. The fourth-order valence-corrected chi connectivity index (χ4v) is 1.86. The fraction of sp³-hybridized carbons (Fsp3) is 0.200. The van der Waals surface area contributed by atoms with Crippen molar-refractivity contribution in [1.29, 1.82) is 0 Å². The maximum absolute atomic E-state index is 12.3. The number of hydrogen-bond donors (Lipinski definition) is 0. The number of nitrogens with zero attached hydrogens (tertiary/aromatic N) is 1. The summed E-state index contributed by atoms with van der Waals surface area (Å²) in [4.78, 5) is 16.2. The largest absolute Gasteiger partial charge is 0.289 e. The van der Waals surface area contributed by atoms with Crippen LogP contribution in [0.1, 0.15) is 32.6 Å². The molecule has 0 bridgehead atoms. The molecule has 1 aromatic heterocycles. The zero-order valence-corrected chi connectivity index (χ0v) is 10.3. The van der Waals surface area contributed by atoms with Gasteiger partial charge in [0.25, 0.3) is 0 Å². The van der Waals surface area contributed by atoms with E-state index in [1.165, 1.54) is 5.56 Å². The van der Waals surface area contributed by atoms with Crippen LogP contribution in [-0.2, 0) is 0 Å². The molecule has 0 atom stereocenters. The molecule has 86 valence electrons. The molecule has 2 aromatic rings. The standard InChI is InChI=1S/C15H15NO/c1-10-8-12(3)14(9-11(10)2)15(17)13-4-6-16-7-5-13/h4-9H,1-3H3. The Morgan fingerprint density at radius 2 is 1.53 bits per heavy atom. The molecule has 0 saturated heterocycles. The van der Waals surface area contributed by atoms with E-state index in [0.29, 0.717) is 5.56 Å². The summed E-state index contributed by atoms with van der Waals surface area (Å²) < 4.78 is 0. The lowest BCUT2D eigenvalue weighted by atomic mass is 9.95. The topological polar surface area (TPSA) is 30.0 Å². The van der Waals surface area contributed by atoms with E-state index in [2.05, 4.69) is 18.0 Å². The minimum atomic E-state index is 0.0630. The molecule has 0 N–H and O–H groups in total. The van der Waals surface area contributed by atoms with Crippen LogP contribution in [0.3, 0.4) is 0 Å². The van der Waals surface area contributed by atoms with Crippen LogP contribution >= 0.6 is 0 Å². The first kappa shape index (κ1) is 11.5. The van der Waals surface area contributed by atoms with Gasteiger partial charge in [-0.1, -0.05) is 6.07 Å². The van der Waals surface area contributed by atoms with E-state index in [1.54, 1.807) is 24.5 Å². The Labute approximate surface area is 101 Å². The van der Waals surface area contributed by atoms with Gasteiger partial charge in [0.2, 0.25) is 0 Å². The molecule has 0 radical (unpaired) electrons. The van der Waals surface area contributed by atoms with Gasteiger partial charge in [0, 0.05) is 23.5 Å². The van der Waals surface area contributed by atoms with E-state index >= 15 is 0 Å². The van der Waals surface area contributed by atoms with Gasteiger partial charge in [-0.3, -0.25) is 9.78 Å². The summed E-state index contributed by atoms with van der Waals surface area (Å²) in [5.41, 5.74) is 4.85. The van der Waals surface area contributed by atoms with Crippen LogP contribution in [0.4, 0.5) is 0 Å². The number of carbonyl (C=O) groups excluding carboxylic acids is 1. The highest BCUT2D eigenvalue weighted by Gasteiger charge is 2.12. The van der Waals surface area contributed by atoms with Gasteiger partial charge in [-0.25, -0.2) is 0 Å². The van der Waals surface area contributed by atoms with E-state index in [4.69, 9.17) is 0 Å². The van der Waals surface area contributed by atoms with Gasteiger partial charge < -0.3 is 0 Å². The first-order chi connectivity index (χ1) is 8.09. The van der Waals surface area contributed by atoms with Gasteiger partial charge in [-0.2, -0.15) is 0 Å². The van der Waals surface area contributed by atoms with Gasteiger partial charge in [-0.15, -0.1) is 0 Å². The SMILES string of the molecule is Cc1cc(C)c(C(=O)c2ccncc2)cc1C. The number of carbonyl (C=O) groups is 1. The molecule has 1 aromatic carbocycles. The first-order valence-corrected chi connectivity index (χ1v) is 5.62. The molecule has 2 heteroatoms. The molecule has 0 aliphatic rings. The molecule has 2 nitrogen and oxygen atoms in total. The molecular weight excluding hydrogens is 210 g/mol. The fourth-order valence-electron chi connectivity index (χ4n) is 1.86. The van der Waals surface area contributed by atoms with Gasteiger partial charge >= 0.3 is 0 Å². The molecule has 2 rings (SSSR count). The minimum Gasteiger partial charge on any atom is -0.289 e. The Morgan fingerprint density at radius 3 is 2.18 bits per heavy atom. The zero-order chi connectivity index (χ0) is 12.4. The molecule has 1 heterocycles. The van der Waals surface area contributed by atoms with Crippen molar-refractivity contribution in [3.8, 4) is 0 Å². The molecule has 17 heavy (non-hydrogen) atoms. The van der Waals surface area contributed by atoms with Gasteiger partial charge in [0.15, 0.2) is 5.78 Å². The summed E-state index contributed by atoms with van der Waals surface area (Å²) in [6.07, 6.45) is 3.28. The second kappa shape index (κ2) is 4.50. The Hall–Kier alpha value is -1.96. The van der Waals surface area contributed by atoms with Gasteiger partial charge in [0.1, 0.15) is 0 Å². The molecule has 0 unspecified atom stereocenters. The Bertz CT molecular complexity index is 559. The second-order valence-electron chi connectivity index (χ2n) is 4.32. The van der Waals surface area contributed by atoms with Crippen LogP contribution in [0.25, 0.3) is 0 Å². The van der Waals surface area contributed by atoms with E-state index < -0.39 is 0 Å². The Morgan fingerprint density at radius 1 is 0.941 bits per heavy atom. The van der Waals surface area contributed by atoms with Crippen molar-refractivity contribution < 1.29 is 4.79 Å². The van der Waals surface area contributed by atoms with Crippen LogP contribution in [0, 0.1) is 20.8 Å². The average molecular weight is 225 g/mol. The highest BCUT2D eigenvalue weighted by molar-refractivity contribution is 6.09. The van der Waals surface area contributed by atoms with Crippen LogP contribution in [0.15, 0.2) is 36.7 Å². The second-order valence-corrected chi connectivity index (χ2v) is 4.32. The smallest absolute Gasteiger partial charge is 0.193 e. The van der Waals surface area contributed by atoms with Crippen molar-refractivity contribution in [1.82, 2.24) is 4.98 Å². The van der Waals surface area contributed by atoms with Gasteiger partial charge in [-0.05, 0) is 55.7 Å². The minimum absolute atomic E-state index is 0.0630. The lowest BCUT2D eigenvalue weighted by Crippen LogP contribution is -2.05. The maximum atomic E-state index is 12.3. The quantitative estimate of drug-likeness (QED) is 0.734. The monoisotopic (exact) mass is 225 g/mol. The van der Waals surface area contributed by atoms with Crippen LogP contribution in [-0.4, -0.2) is 10.8 Å². The van der Waals surface area contributed by atoms with Crippen LogP contribution < -0.4 is 0 Å². The van der Waals surface area contributed by atoms with Crippen LogP contribution in [0.5, 0.6) is 0 Å². The highest BCUT2D eigenvalue weighted by Crippen LogP contribution is 2.18. The summed E-state index contributed by atoms with van der Waals surface area (Å²) >= 11 is 0. The van der Waals surface area contributed by atoms with Crippen molar-refractivity contribution in [3.63, 3.8) is 0 Å². The van der Waals surface area contributed by atoms with E-state index in [9.17, 15) is 4.79 Å². The zero-order valence-electron chi connectivity index (χ0n) is 10.3. The number of ketones is 1. The average Bonchev–Trinajstić information content (AvgIpc) is 2.34. The third kappa shape index (κ3) is 2.26. The summed E-state index contributed by atoms with van der Waals surface area (Å²) in [6, 6.07) is 7.52. The summed E-state index contributed by atoms with van der Waals surface area (Å²) in [6.45, 7) is 6.06. The third-order valence-electron chi connectivity index (χ3n) is 3.03. The third-order valence-corrected chi connectivity index (χ3v) is 3.03. The number of pyridine rings is 1. The van der Waals surface area contributed by atoms with Gasteiger partial charge in [0.05, 0.1) is 0 Å². The molecule has 0 amide bonds. The number of rotatable bonds is 2. The lowest BCUT2D eigenvalue weighted by Gasteiger charge is -2.08. The Balaban J connectivity index is 2.48. The maximum Gasteiger partial charge on any atom is 0.193 e. The molecule has 0 aliphatic carbocycles. The number of aryl methyl sites for hydroxylation is 3.